The van der Waals surface area contributed by atoms with Gasteiger partial charge in [-0.05, 0) is 23.8 Å². The second-order valence-corrected chi connectivity index (χ2v) is 9.37. The first kappa shape index (κ1) is 19.7. The Balaban J connectivity index is 1.81. The lowest BCUT2D eigenvalue weighted by molar-refractivity contribution is -0.141. The molecule has 1 aromatic rings. The highest BCUT2D eigenvalue weighted by Gasteiger charge is 2.33. The average Bonchev–Trinajstić information content (AvgIpc) is 3.24. The van der Waals surface area contributed by atoms with Gasteiger partial charge in [-0.25, -0.2) is 13.2 Å². The number of hydrogen-bond acceptors (Lipinski definition) is 5. The van der Waals surface area contributed by atoms with Crippen molar-refractivity contribution in [2.45, 2.75) is 17.6 Å². The van der Waals surface area contributed by atoms with Gasteiger partial charge in [0.25, 0.3) is 10.0 Å². The molecule has 2 N–H and O–H groups in total. The average molecular weight is 389 g/mol. The Morgan fingerprint density at radius 2 is 2.24 bits per heavy atom. The molecule has 2 unspecified atom stereocenters. The molecule has 1 fully saturated rings. The van der Waals surface area contributed by atoms with Gasteiger partial charge in [0.15, 0.2) is 0 Å². The molecule has 0 saturated carbocycles. The normalized spacial score (nSPS) is 19.5. The van der Waals surface area contributed by atoms with Crippen LogP contribution in [0.2, 0.25) is 0 Å². The lowest BCUT2D eigenvalue weighted by Gasteiger charge is -2.21. The first-order chi connectivity index (χ1) is 11.7. The summed E-state index contributed by atoms with van der Waals surface area (Å²) < 4.78 is 26.7. The summed E-state index contributed by atoms with van der Waals surface area (Å²) in [4.78, 5) is 24.2. The second-order valence-electron chi connectivity index (χ2n) is 6.26. The Morgan fingerprint density at radius 1 is 1.52 bits per heavy atom. The molecule has 1 aliphatic rings. The molecule has 1 saturated heterocycles. The third kappa shape index (κ3) is 4.93. The van der Waals surface area contributed by atoms with Crippen molar-refractivity contribution >= 4 is 33.4 Å². The molecule has 0 aromatic carbocycles. The molecule has 8 nitrogen and oxygen atoms in total. The molecule has 10 heteroatoms. The SMILES string of the molecule is CC(CN(C)C(=O)NCC1CCN(S(=O)(=O)c2cccs2)C1)C(=O)O. The maximum atomic E-state index is 12.5. The number of carbonyl (C=O) groups excluding carboxylic acids is 1. The van der Waals surface area contributed by atoms with Crippen LogP contribution in [0.5, 0.6) is 0 Å². The third-order valence-corrected chi connectivity index (χ3v) is 7.43. The number of sulfonamides is 1. The van der Waals surface area contributed by atoms with Crippen LogP contribution in [0, 0.1) is 11.8 Å². The van der Waals surface area contributed by atoms with Crippen LogP contribution in [0.4, 0.5) is 4.79 Å². The van der Waals surface area contributed by atoms with Crippen molar-refractivity contribution in [1.82, 2.24) is 14.5 Å². The Hall–Kier alpha value is -1.65. The fourth-order valence-electron chi connectivity index (χ4n) is 2.66. The number of hydrogen-bond donors (Lipinski definition) is 2. The highest BCUT2D eigenvalue weighted by atomic mass is 32.2. The number of urea groups is 1. The van der Waals surface area contributed by atoms with E-state index >= 15 is 0 Å². The van der Waals surface area contributed by atoms with E-state index in [1.165, 1.54) is 34.5 Å². The van der Waals surface area contributed by atoms with Crippen molar-refractivity contribution in [3.8, 4) is 0 Å². The largest absolute Gasteiger partial charge is 0.481 e. The quantitative estimate of drug-likeness (QED) is 0.727. The zero-order chi connectivity index (χ0) is 18.6. The van der Waals surface area contributed by atoms with Crippen molar-refractivity contribution in [2.24, 2.45) is 11.8 Å². The fraction of sp³-hybridized carbons (Fsp3) is 0.600. The number of rotatable bonds is 7. The van der Waals surface area contributed by atoms with Crippen LogP contribution in [0.1, 0.15) is 13.3 Å². The number of nitrogens with zero attached hydrogens (tertiary/aromatic N) is 2. The van der Waals surface area contributed by atoms with Gasteiger partial charge >= 0.3 is 12.0 Å². The number of nitrogens with one attached hydrogen (secondary N) is 1. The Bertz CT molecular complexity index is 705. The smallest absolute Gasteiger partial charge is 0.317 e. The van der Waals surface area contributed by atoms with Gasteiger partial charge in [-0.2, -0.15) is 4.31 Å². The number of thiophene rings is 1. The van der Waals surface area contributed by atoms with E-state index < -0.39 is 21.9 Å². The maximum Gasteiger partial charge on any atom is 0.317 e. The van der Waals surface area contributed by atoms with Gasteiger partial charge in [-0.3, -0.25) is 4.79 Å². The predicted octanol–water partition coefficient (Wildman–Crippen LogP) is 1.12. The van der Waals surface area contributed by atoms with Crippen LogP contribution in [-0.2, 0) is 14.8 Å². The van der Waals surface area contributed by atoms with E-state index in [0.29, 0.717) is 30.3 Å². The van der Waals surface area contributed by atoms with E-state index in [4.69, 9.17) is 5.11 Å². The zero-order valence-electron chi connectivity index (χ0n) is 14.2. The van der Waals surface area contributed by atoms with Crippen LogP contribution in [0.15, 0.2) is 21.7 Å². The standard InChI is InChI=1S/C15H23N3O5S2/c1-11(14(19)20)9-17(2)15(21)16-8-12-5-6-18(10-12)25(22,23)13-4-3-7-24-13/h3-4,7,11-12H,5-6,8-10H2,1-2H3,(H,16,21)(H,19,20). The summed E-state index contributed by atoms with van der Waals surface area (Å²) in [6.07, 6.45) is 0.681. The number of amides is 2. The van der Waals surface area contributed by atoms with E-state index in [-0.39, 0.29) is 18.5 Å². The van der Waals surface area contributed by atoms with Gasteiger partial charge < -0.3 is 15.3 Å². The van der Waals surface area contributed by atoms with Crippen LogP contribution < -0.4 is 5.32 Å². The van der Waals surface area contributed by atoms with Crippen molar-refractivity contribution in [1.29, 1.82) is 0 Å². The summed E-state index contributed by atoms with van der Waals surface area (Å²) >= 11 is 1.19. The molecule has 0 bridgehead atoms. The molecule has 2 amide bonds. The molecule has 25 heavy (non-hydrogen) atoms. The van der Waals surface area contributed by atoms with E-state index in [2.05, 4.69) is 5.32 Å². The number of aliphatic carboxylic acids is 1. The molecule has 2 rings (SSSR count). The van der Waals surface area contributed by atoms with Crippen LogP contribution >= 0.6 is 11.3 Å². The van der Waals surface area contributed by atoms with Crippen LogP contribution in [-0.4, -0.2) is 68.0 Å². The van der Waals surface area contributed by atoms with Gasteiger partial charge in [0.2, 0.25) is 0 Å². The molecule has 2 heterocycles. The highest BCUT2D eigenvalue weighted by Crippen LogP contribution is 2.26. The van der Waals surface area contributed by atoms with Crippen molar-refractivity contribution < 1.29 is 23.1 Å². The molecular weight excluding hydrogens is 366 g/mol. The molecule has 2 atom stereocenters. The minimum Gasteiger partial charge on any atom is -0.481 e. The first-order valence-corrected chi connectivity index (χ1v) is 10.3. The monoisotopic (exact) mass is 389 g/mol. The van der Waals surface area contributed by atoms with Gasteiger partial charge in [0.1, 0.15) is 4.21 Å². The van der Waals surface area contributed by atoms with Gasteiger partial charge in [-0.15, -0.1) is 11.3 Å². The maximum absolute atomic E-state index is 12.5. The summed E-state index contributed by atoms with van der Waals surface area (Å²) in [7, 11) is -1.91. The van der Waals surface area contributed by atoms with Gasteiger partial charge in [0, 0.05) is 33.2 Å². The number of carboxylic acid groups (broad SMARTS) is 1. The molecule has 1 aromatic heterocycles. The van der Waals surface area contributed by atoms with Crippen molar-refractivity contribution in [2.75, 3.05) is 33.2 Å². The summed E-state index contributed by atoms with van der Waals surface area (Å²) in [5, 5.41) is 13.4. The molecule has 1 aliphatic heterocycles. The van der Waals surface area contributed by atoms with E-state index in [1.54, 1.807) is 17.5 Å². The Morgan fingerprint density at radius 3 is 2.84 bits per heavy atom. The van der Waals surface area contributed by atoms with Gasteiger partial charge in [-0.1, -0.05) is 13.0 Å². The number of carbonyl (C=O) groups is 2. The summed E-state index contributed by atoms with van der Waals surface area (Å²) in [6.45, 7) is 2.82. The van der Waals surface area contributed by atoms with Gasteiger partial charge in [0.05, 0.1) is 5.92 Å². The van der Waals surface area contributed by atoms with E-state index in [1.807, 2.05) is 0 Å². The van der Waals surface area contributed by atoms with Crippen LogP contribution in [0.25, 0.3) is 0 Å². The van der Waals surface area contributed by atoms with Crippen molar-refractivity contribution in [3.63, 3.8) is 0 Å². The minimum absolute atomic E-state index is 0.0454. The summed E-state index contributed by atoms with van der Waals surface area (Å²) in [5.41, 5.74) is 0. The minimum atomic E-state index is -3.45. The van der Waals surface area contributed by atoms with Crippen LogP contribution in [0.3, 0.4) is 0 Å². The predicted molar refractivity (Wildman–Crippen MR) is 94.0 cm³/mol. The second kappa shape index (κ2) is 8.15. The van der Waals surface area contributed by atoms with E-state index in [9.17, 15) is 18.0 Å². The third-order valence-electron chi connectivity index (χ3n) is 4.20. The first-order valence-electron chi connectivity index (χ1n) is 7.97. The Labute approximate surface area is 151 Å². The summed E-state index contributed by atoms with van der Waals surface area (Å²) in [5.74, 6) is -1.55. The van der Waals surface area contributed by atoms with E-state index in [0.717, 1.165) is 0 Å². The molecule has 0 spiro atoms. The molecule has 140 valence electrons. The highest BCUT2D eigenvalue weighted by molar-refractivity contribution is 7.91. The fourth-order valence-corrected chi connectivity index (χ4v) is 5.33. The summed E-state index contributed by atoms with van der Waals surface area (Å²) in [6, 6.07) is 2.94. The molecule has 0 aliphatic carbocycles. The number of carboxylic acids is 1. The Kier molecular flexibility index (Phi) is 6.42. The lowest BCUT2D eigenvalue weighted by Crippen LogP contribution is -2.42. The zero-order valence-corrected chi connectivity index (χ0v) is 15.8. The molecule has 0 radical (unpaired) electrons. The molecular formula is C15H23N3O5S2. The lowest BCUT2D eigenvalue weighted by atomic mass is 10.1. The topological polar surface area (TPSA) is 107 Å². The van der Waals surface area contributed by atoms with Crippen molar-refractivity contribution in [3.05, 3.63) is 17.5 Å².